The summed E-state index contributed by atoms with van der Waals surface area (Å²) < 4.78 is 13.2. The summed E-state index contributed by atoms with van der Waals surface area (Å²) >= 11 is 0. The maximum absolute atomic E-state index is 13.2. The molecule has 0 aromatic heterocycles. The molecule has 86 valence electrons. The highest BCUT2D eigenvalue weighted by Crippen LogP contribution is 2.37. The van der Waals surface area contributed by atoms with Gasteiger partial charge in [-0.2, -0.15) is 5.26 Å². The van der Waals surface area contributed by atoms with E-state index in [1.807, 2.05) is 20.8 Å². The molecule has 0 aliphatic rings. The lowest BCUT2D eigenvalue weighted by Gasteiger charge is -2.28. The molecule has 3 nitrogen and oxygen atoms in total. The van der Waals surface area contributed by atoms with Crippen molar-refractivity contribution < 1.29 is 9.50 Å². The van der Waals surface area contributed by atoms with Crippen LogP contribution >= 0.6 is 0 Å². The Morgan fingerprint density at radius 2 is 2.00 bits per heavy atom. The zero-order chi connectivity index (χ0) is 12.5. The Morgan fingerprint density at radius 3 is 2.44 bits per heavy atom. The molecule has 0 unspecified atom stereocenters. The second kappa shape index (κ2) is 4.11. The summed E-state index contributed by atoms with van der Waals surface area (Å²) in [5, 5.41) is 18.5. The lowest BCUT2D eigenvalue weighted by Crippen LogP contribution is -2.26. The quantitative estimate of drug-likeness (QED) is 0.766. The van der Waals surface area contributed by atoms with Gasteiger partial charge in [0.15, 0.2) is 0 Å². The third-order valence-electron chi connectivity index (χ3n) is 2.54. The number of nitrogens with zero attached hydrogens (tertiary/aromatic N) is 1. The average molecular weight is 222 g/mol. The van der Waals surface area contributed by atoms with Gasteiger partial charge in [0.25, 0.3) is 0 Å². The third-order valence-corrected chi connectivity index (χ3v) is 2.54. The van der Waals surface area contributed by atoms with Crippen molar-refractivity contribution in [2.75, 3.05) is 0 Å². The van der Waals surface area contributed by atoms with Crippen molar-refractivity contribution in [3.63, 3.8) is 0 Å². The minimum Gasteiger partial charge on any atom is -0.506 e. The van der Waals surface area contributed by atoms with Crippen LogP contribution in [0.15, 0.2) is 12.1 Å². The lowest BCUT2D eigenvalue weighted by molar-refractivity contribution is 0.317. The Balaban J connectivity index is 3.34. The standard InChI is InChI=1S/C12H15FN2O/c1-12(2,3)11(15)7-4-5-9(13)8(6-14)10(7)16/h4-5,11,16H,15H2,1-3H3/t11-/m0/s1. The predicted molar refractivity (Wildman–Crippen MR) is 59.2 cm³/mol. The largest absolute Gasteiger partial charge is 0.506 e. The number of nitriles is 1. The minimum atomic E-state index is -0.732. The van der Waals surface area contributed by atoms with Crippen LogP contribution < -0.4 is 5.73 Å². The SMILES string of the molecule is CC(C)(C)[C@@H](N)c1ccc(F)c(C#N)c1O. The van der Waals surface area contributed by atoms with Crippen molar-refractivity contribution in [2.45, 2.75) is 26.8 Å². The molecule has 0 radical (unpaired) electrons. The molecular weight excluding hydrogens is 207 g/mol. The molecule has 0 aliphatic heterocycles. The molecule has 1 rings (SSSR count). The van der Waals surface area contributed by atoms with Gasteiger partial charge >= 0.3 is 0 Å². The summed E-state index contributed by atoms with van der Waals surface area (Å²) in [6.45, 7) is 5.73. The number of hydrogen-bond donors (Lipinski definition) is 2. The molecule has 1 atom stereocenters. The van der Waals surface area contributed by atoms with Crippen LogP contribution in [0.5, 0.6) is 5.75 Å². The molecule has 3 N–H and O–H groups in total. The number of benzene rings is 1. The maximum atomic E-state index is 13.2. The monoisotopic (exact) mass is 222 g/mol. The van der Waals surface area contributed by atoms with Gasteiger partial charge in [-0.1, -0.05) is 26.8 Å². The Bertz CT molecular complexity index is 444. The molecule has 0 aliphatic carbocycles. The van der Waals surface area contributed by atoms with Gasteiger partial charge in [-0.15, -0.1) is 0 Å². The van der Waals surface area contributed by atoms with Gasteiger partial charge in [-0.25, -0.2) is 4.39 Å². The van der Waals surface area contributed by atoms with Crippen LogP contribution in [-0.2, 0) is 0 Å². The molecule has 0 bridgehead atoms. The van der Waals surface area contributed by atoms with E-state index in [1.54, 1.807) is 6.07 Å². The van der Waals surface area contributed by atoms with Crippen LogP contribution in [0.4, 0.5) is 4.39 Å². The van der Waals surface area contributed by atoms with Crippen LogP contribution in [0.25, 0.3) is 0 Å². The van der Waals surface area contributed by atoms with Crippen molar-refractivity contribution >= 4 is 0 Å². The first-order valence-electron chi connectivity index (χ1n) is 4.96. The zero-order valence-electron chi connectivity index (χ0n) is 9.58. The number of nitrogens with two attached hydrogens (primary N) is 1. The normalized spacial score (nSPS) is 13.2. The first kappa shape index (κ1) is 12.5. The first-order chi connectivity index (χ1) is 7.29. The molecule has 0 saturated carbocycles. The van der Waals surface area contributed by atoms with Crippen LogP contribution in [0.2, 0.25) is 0 Å². The van der Waals surface area contributed by atoms with E-state index in [1.165, 1.54) is 6.07 Å². The summed E-state index contributed by atoms with van der Waals surface area (Å²) in [6, 6.07) is 3.74. The van der Waals surface area contributed by atoms with Crippen molar-refractivity contribution in [1.29, 1.82) is 5.26 Å². The van der Waals surface area contributed by atoms with Crippen molar-refractivity contribution in [3.05, 3.63) is 29.1 Å². The number of phenolic OH excluding ortho intramolecular Hbond substituents is 1. The molecule has 0 fully saturated rings. The molecule has 4 heteroatoms. The molecular formula is C12H15FN2O. The van der Waals surface area contributed by atoms with Crippen LogP contribution in [0, 0.1) is 22.6 Å². The average Bonchev–Trinajstić information content (AvgIpc) is 2.16. The van der Waals surface area contributed by atoms with Crippen LogP contribution in [-0.4, -0.2) is 5.11 Å². The Labute approximate surface area is 94.3 Å². The van der Waals surface area contributed by atoms with Gasteiger partial charge in [0.05, 0.1) is 0 Å². The summed E-state index contributed by atoms with van der Waals surface area (Å²) in [5.74, 6) is -1.09. The van der Waals surface area contributed by atoms with Crippen molar-refractivity contribution in [3.8, 4) is 11.8 Å². The molecule has 0 amide bonds. The highest BCUT2D eigenvalue weighted by molar-refractivity contribution is 5.49. The highest BCUT2D eigenvalue weighted by atomic mass is 19.1. The molecule has 1 aromatic rings. The fraction of sp³-hybridized carbons (Fsp3) is 0.417. The second-order valence-corrected chi connectivity index (χ2v) is 4.82. The Kier molecular flexibility index (Phi) is 3.20. The third kappa shape index (κ3) is 2.15. The van der Waals surface area contributed by atoms with Gasteiger partial charge in [-0.05, 0) is 11.5 Å². The zero-order valence-corrected chi connectivity index (χ0v) is 9.58. The summed E-state index contributed by atoms with van der Waals surface area (Å²) in [4.78, 5) is 0. The molecule has 0 saturated heterocycles. The van der Waals surface area contributed by atoms with Gasteiger partial charge in [0.1, 0.15) is 23.2 Å². The van der Waals surface area contributed by atoms with E-state index in [2.05, 4.69) is 0 Å². The van der Waals surface area contributed by atoms with Gasteiger partial charge in [0, 0.05) is 11.6 Å². The fourth-order valence-electron chi connectivity index (χ4n) is 1.41. The lowest BCUT2D eigenvalue weighted by atomic mass is 9.82. The fourth-order valence-corrected chi connectivity index (χ4v) is 1.41. The van der Waals surface area contributed by atoms with Crippen LogP contribution in [0.3, 0.4) is 0 Å². The number of rotatable bonds is 1. The second-order valence-electron chi connectivity index (χ2n) is 4.82. The van der Waals surface area contributed by atoms with Crippen LogP contribution in [0.1, 0.15) is 37.9 Å². The number of phenols is 1. The molecule has 1 aromatic carbocycles. The predicted octanol–water partition coefficient (Wildman–Crippen LogP) is 2.45. The van der Waals surface area contributed by atoms with E-state index in [0.29, 0.717) is 5.56 Å². The van der Waals surface area contributed by atoms with E-state index in [9.17, 15) is 9.50 Å². The number of halogens is 1. The van der Waals surface area contributed by atoms with Gasteiger partial charge in [-0.3, -0.25) is 0 Å². The minimum absolute atomic E-state index is 0.276. The molecule has 0 heterocycles. The van der Waals surface area contributed by atoms with E-state index in [0.717, 1.165) is 6.07 Å². The molecule has 0 spiro atoms. The van der Waals surface area contributed by atoms with E-state index < -0.39 is 11.9 Å². The Hall–Kier alpha value is -1.60. The van der Waals surface area contributed by atoms with E-state index >= 15 is 0 Å². The Morgan fingerprint density at radius 1 is 1.44 bits per heavy atom. The number of hydrogen-bond acceptors (Lipinski definition) is 3. The summed E-state index contributed by atoms with van der Waals surface area (Å²) in [7, 11) is 0. The number of aromatic hydroxyl groups is 1. The van der Waals surface area contributed by atoms with Crippen molar-refractivity contribution in [2.24, 2.45) is 11.1 Å². The van der Waals surface area contributed by atoms with Gasteiger partial charge in [0.2, 0.25) is 0 Å². The van der Waals surface area contributed by atoms with Crippen molar-refractivity contribution in [1.82, 2.24) is 0 Å². The smallest absolute Gasteiger partial charge is 0.144 e. The topological polar surface area (TPSA) is 70.0 Å². The summed E-state index contributed by atoms with van der Waals surface area (Å²) in [6.07, 6.45) is 0. The first-order valence-corrected chi connectivity index (χ1v) is 4.96. The maximum Gasteiger partial charge on any atom is 0.144 e. The van der Waals surface area contributed by atoms with Gasteiger partial charge < -0.3 is 10.8 Å². The van der Waals surface area contributed by atoms with E-state index in [-0.39, 0.29) is 16.7 Å². The summed E-state index contributed by atoms with van der Waals surface area (Å²) in [5.41, 5.74) is 5.72. The molecule has 16 heavy (non-hydrogen) atoms. The van der Waals surface area contributed by atoms with E-state index in [4.69, 9.17) is 11.0 Å². The highest BCUT2D eigenvalue weighted by Gasteiger charge is 2.26.